The molecule has 0 unspecified atom stereocenters. The number of rotatable bonds is 15. The number of benzene rings is 4. The van der Waals surface area contributed by atoms with Crippen LogP contribution in [0.1, 0.15) is 36.8 Å². The summed E-state index contributed by atoms with van der Waals surface area (Å²) in [7, 11) is 14.0. The maximum Gasteiger partial charge on any atom is 0.213 e. The third kappa shape index (κ3) is 9.01. The molecule has 0 saturated heterocycles. The number of para-hydroxylation sites is 4. The average molecular weight is 809 g/mol. The van der Waals surface area contributed by atoms with Gasteiger partial charge in [0.05, 0.1) is 93.0 Å². The van der Waals surface area contributed by atoms with E-state index in [-0.39, 0.29) is 0 Å². The Labute approximate surface area is 354 Å². The summed E-state index contributed by atoms with van der Waals surface area (Å²) in [5.74, 6) is 0. The van der Waals surface area contributed by atoms with Gasteiger partial charge in [-0.25, -0.2) is 0 Å². The van der Waals surface area contributed by atoms with E-state index in [4.69, 9.17) is 0 Å². The standard InChI is InChI=1S/C50H60N6S2/c1-51-45-23-11-13-25-47(45)57-49(51)37-39-27-31-53(43-21-9-7-19-41(39)43)29-15-16-33-55(3,4)35-18-36-56(5,6)34-17-30-54-32-28-40(42-20-8-10-22-44(42)54)38-50-52(2)46-24-12-14-26-48(46)58-50/h7-14,19-28,31-32,37-38H,15-18,29-30,33-36H2,1-6H3/q+4. The zero-order valence-electron chi connectivity index (χ0n) is 35.3. The number of thioether (sulfide) groups is 2. The number of aryl methyl sites for hydroxylation is 2. The van der Waals surface area contributed by atoms with Gasteiger partial charge in [0.2, 0.25) is 11.0 Å². The van der Waals surface area contributed by atoms with Crippen molar-refractivity contribution in [2.75, 3.05) is 78.3 Å². The summed E-state index contributed by atoms with van der Waals surface area (Å²) in [5, 5.41) is 5.17. The van der Waals surface area contributed by atoms with Gasteiger partial charge in [-0.2, -0.15) is 9.13 Å². The summed E-state index contributed by atoms with van der Waals surface area (Å²) < 4.78 is 7.05. The van der Waals surface area contributed by atoms with Crippen molar-refractivity contribution in [2.45, 2.75) is 48.6 Å². The van der Waals surface area contributed by atoms with Crippen molar-refractivity contribution in [1.29, 1.82) is 0 Å². The molecule has 4 aromatic carbocycles. The van der Waals surface area contributed by atoms with Crippen LogP contribution in [0.5, 0.6) is 0 Å². The molecule has 6 aromatic rings. The van der Waals surface area contributed by atoms with Gasteiger partial charge >= 0.3 is 0 Å². The monoisotopic (exact) mass is 808 g/mol. The predicted molar refractivity (Wildman–Crippen MR) is 248 cm³/mol. The van der Waals surface area contributed by atoms with E-state index in [1.807, 2.05) is 23.5 Å². The van der Waals surface area contributed by atoms with E-state index < -0.39 is 0 Å². The fraction of sp³-hybridized carbons (Fsp3) is 0.320. The van der Waals surface area contributed by atoms with E-state index in [1.54, 1.807) is 0 Å². The molecule has 8 rings (SSSR count). The lowest BCUT2D eigenvalue weighted by Crippen LogP contribution is -2.47. The summed E-state index contributed by atoms with van der Waals surface area (Å²) in [6.45, 7) is 6.87. The Morgan fingerprint density at radius 2 is 0.897 bits per heavy atom. The highest BCUT2D eigenvalue weighted by molar-refractivity contribution is 8.04. The van der Waals surface area contributed by atoms with Gasteiger partial charge in [-0.1, -0.05) is 72.1 Å². The Balaban J connectivity index is 0.800. The SMILES string of the molecule is CN1C(=Cc2cc[n+](CCCC[N+](C)(C)CCC[N+](C)(C)CCC[n+]3ccc(C=C4Sc5ccccc5N4C)c4ccccc43)c3ccccc23)Sc2ccccc21. The normalized spacial score (nSPS) is 15.6. The molecule has 8 heteroatoms. The van der Waals surface area contributed by atoms with Crippen LogP contribution in [0.3, 0.4) is 0 Å². The Bertz CT molecular complexity index is 2490. The molecule has 58 heavy (non-hydrogen) atoms. The number of quaternary nitrogens is 2. The van der Waals surface area contributed by atoms with Crippen molar-refractivity contribution in [1.82, 2.24) is 0 Å². The number of nitrogens with zero attached hydrogens (tertiary/aromatic N) is 6. The summed E-state index contributed by atoms with van der Waals surface area (Å²) in [6, 6.07) is 39.7. The van der Waals surface area contributed by atoms with Gasteiger partial charge in [0.1, 0.15) is 6.54 Å². The first kappa shape index (κ1) is 40.2. The Hall–Kier alpha value is -4.60. The van der Waals surface area contributed by atoms with Gasteiger partial charge in [-0.15, -0.1) is 0 Å². The molecule has 0 spiro atoms. The Morgan fingerprint density at radius 3 is 1.40 bits per heavy atom. The van der Waals surface area contributed by atoms with Crippen LogP contribution < -0.4 is 18.9 Å². The lowest BCUT2D eigenvalue weighted by molar-refractivity contribution is -0.910. The number of aromatic nitrogens is 2. The van der Waals surface area contributed by atoms with Crippen LogP contribution in [0.15, 0.2) is 141 Å². The van der Waals surface area contributed by atoms with Crippen molar-refractivity contribution < 1.29 is 18.1 Å². The molecule has 0 saturated carbocycles. The first-order chi connectivity index (χ1) is 28.1. The molecule has 0 atom stereocenters. The molecule has 298 valence electrons. The highest BCUT2D eigenvalue weighted by Crippen LogP contribution is 2.46. The topological polar surface area (TPSA) is 14.2 Å². The molecule has 2 aromatic heterocycles. The molecule has 0 fully saturated rings. The molecule has 2 aliphatic rings. The molecule has 0 radical (unpaired) electrons. The van der Waals surface area contributed by atoms with Crippen LogP contribution in [0.2, 0.25) is 0 Å². The Morgan fingerprint density at radius 1 is 0.483 bits per heavy atom. The Kier molecular flexibility index (Phi) is 12.0. The minimum atomic E-state index is 1.03. The van der Waals surface area contributed by atoms with Crippen molar-refractivity contribution in [3.63, 3.8) is 0 Å². The molecule has 0 N–H and O–H groups in total. The lowest BCUT2D eigenvalue weighted by atomic mass is 10.1. The molecule has 0 aliphatic carbocycles. The van der Waals surface area contributed by atoms with E-state index in [0.29, 0.717) is 0 Å². The maximum absolute atomic E-state index is 2.46. The quantitative estimate of drug-likeness (QED) is 0.0583. The van der Waals surface area contributed by atoms with Gasteiger partial charge < -0.3 is 18.8 Å². The van der Waals surface area contributed by atoms with Crippen LogP contribution in [0, 0.1) is 0 Å². The fourth-order valence-corrected chi connectivity index (χ4v) is 10.9. The van der Waals surface area contributed by atoms with Gasteiger partial charge in [-0.3, -0.25) is 0 Å². The maximum atomic E-state index is 2.46. The van der Waals surface area contributed by atoms with Gasteiger partial charge in [-0.05, 0) is 59.7 Å². The number of fused-ring (bicyclic) bond motifs is 4. The molecular weight excluding hydrogens is 749 g/mol. The summed E-state index contributed by atoms with van der Waals surface area (Å²) in [5.41, 5.74) is 7.75. The van der Waals surface area contributed by atoms with Crippen LogP contribution in [0.25, 0.3) is 34.0 Å². The number of unbranched alkanes of at least 4 members (excludes halogenated alkanes) is 1. The molecular formula is C50H60N6S2+4. The second kappa shape index (κ2) is 17.3. The fourth-order valence-electron chi connectivity index (χ4n) is 8.66. The van der Waals surface area contributed by atoms with Crippen LogP contribution in [-0.4, -0.2) is 77.4 Å². The van der Waals surface area contributed by atoms with Crippen LogP contribution in [-0.2, 0) is 13.1 Å². The summed E-state index contributed by atoms with van der Waals surface area (Å²) in [4.78, 5) is 7.27. The highest BCUT2D eigenvalue weighted by atomic mass is 32.2. The predicted octanol–water partition coefficient (Wildman–Crippen LogP) is 10.1. The van der Waals surface area contributed by atoms with Crippen LogP contribution in [0.4, 0.5) is 11.4 Å². The molecule has 0 amide bonds. The second-order valence-electron chi connectivity index (χ2n) is 17.4. The van der Waals surface area contributed by atoms with E-state index in [1.165, 1.54) is 110 Å². The highest BCUT2D eigenvalue weighted by Gasteiger charge is 2.25. The largest absolute Gasteiger partial charge is 0.338 e. The third-order valence-corrected chi connectivity index (χ3v) is 14.5. The summed E-state index contributed by atoms with van der Waals surface area (Å²) >= 11 is 3.71. The summed E-state index contributed by atoms with van der Waals surface area (Å²) in [6.07, 6.45) is 14.1. The number of pyridine rings is 2. The number of hydrogen-bond donors (Lipinski definition) is 0. The molecule has 4 heterocycles. The van der Waals surface area contributed by atoms with E-state index in [9.17, 15) is 0 Å². The first-order valence-corrected chi connectivity index (χ1v) is 22.6. The van der Waals surface area contributed by atoms with Crippen LogP contribution >= 0.6 is 23.5 Å². The zero-order valence-corrected chi connectivity index (χ0v) is 36.9. The van der Waals surface area contributed by atoms with Gasteiger partial charge in [0.15, 0.2) is 18.9 Å². The number of anilines is 2. The molecule has 0 bridgehead atoms. The smallest absolute Gasteiger partial charge is 0.213 e. The van der Waals surface area contributed by atoms with Crippen molar-refractivity contribution in [3.8, 4) is 0 Å². The average Bonchev–Trinajstić information content (AvgIpc) is 3.71. The van der Waals surface area contributed by atoms with E-state index in [2.05, 4.69) is 195 Å². The van der Waals surface area contributed by atoms with Gasteiger partial charge in [0, 0.05) is 67.4 Å². The van der Waals surface area contributed by atoms with Gasteiger partial charge in [0.25, 0.3) is 0 Å². The first-order valence-electron chi connectivity index (χ1n) is 21.0. The number of hydrogen-bond acceptors (Lipinski definition) is 4. The third-order valence-electron chi connectivity index (χ3n) is 12.1. The van der Waals surface area contributed by atoms with E-state index >= 15 is 0 Å². The second-order valence-corrected chi connectivity index (χ2v) is 19.5. The zero-order chi connectivity index (χ0) is 40.3. The molecule has 6 nitrogen and oxygen atoms in total. The van der Waals surface area contributed by atoms with E-state index in [0.717, 1.165) is 28.5 Å². The molecule has 2 aliphatic heterocycles. The minimum Gasteiger partial charge on any atom is -0.338 e. The minimum absolute atomic E-state index is 1.03. The van der Waals surface area contributed by atoms with Crippen molar-refractivity contribution in [3.05, 3.63) is 143 Å². The van der Waals surface area contributed by atoms with Crippen molar-refractivity contribution in [2.24, 2.45) is 0 Å². The van der Waals surface area contributed by atoms with Crippen molar-refractivity contribution >= 4 is 68.9 Å². The lowest BCUT2D eigenvalue weighted by Gasteiger charge is -2.33.